The highest BCUT2D eigenvalue weighted by atomic mass is 32.2. The van der Waals surface area contributed by atoms with Crippen LogP contribution in [-0.2, 0) is 19.9 Å². The molecular formula is C25H25FN2O6S2. The number of sulfonamides is 1. The Hall–Kier alpha value is -3.44. The van der Waals surface area contributed by atoms with E-state index in [1.54, 1.807) is 17.0 Å². The summed E-state index contributed by atoms with van der Waals surface area (Å²) in [6.07, 6.45) is 0.612. The summed E-state index contributed by atoms with van der Waals surface area (Å²) in [6, 6.07) is 17.1. The Morgan fingerprint density at radius 3 is 2.11 bits per heavy atom. The third-order valence-corrected chi connectivity index (χ3v) is 9.76. The average Bonchev–Trinajstić information content (AvgIpc) is 2.89. The van der Waals surface area contributed by atoms with Gasteiger partial charge in [-0.25, -0.2) is 21.2 Å². The molecule has 36 heavy (non-hydrogen) atoms. The largest absolute Gasteiger partial charge is 0.497 e. The zero-order chi connectivity index (χ0) is 25.9. The van der Waals surface area contributed by atoms with E-state index in [4.69, 9.17) is 4.74 Å². The highest BCUT2D eigenvalue weighted by Crippen LogP contribution is 2.27. The SMILES string of the molecule is COc1ccc(S(=O)(=O)C2CCN(C(=O)c3ccc(NS(=O)(=O)c4ccccc4F)cc3)CC2)cc1. The van der Waals surface area contributed by atoms with Crippen LogP contribution in [0.1, 0.15) is 23.2 Å². The second-order valence-electron chi connectivity index (χ2n) is 8.33. The van der Waals surface area contributed by atoms with Gasteiger partial charge in [-0.15, -0.1) is 0 Å². The summed E-state index contributed by atoms with van der Waals surface area (Å²) in [5, 5.41) is -0.592. The summed E-state index contributed by atoms with van der Waals surface area (Å²) in [4.78, 5) is 14.3. The van der Waals surface area contributed by atoms with E-state index in [2.05, 4.69) is 4.72 Å². The lowest BCUT2D eigenvalue weighted by Gasteiger charge is -2.32. The molecule has 1 heterocycles. The number of halogens is 1. The molecule has 0 saturated carbocycles. The Bertz CT molecular complexity index is 1450. The van der Waals surface area contributed by atoms with Gasteiger partial charge in [0.25, 0.3) is 15.9 Å². The van der Waals surface area contributed by atoms with Crippen molar-refractivity contribution in [3.63, 3.8) is 0 Å². The van der Waals surface area contributed by atoms with Gasteiger partial charge in [0.05, 0.1) is 17.3 Å². The molecule has 1 aliphatic heterocycles. The smallest absolute Gasteiger partial charge is 0.264 e. The van der Waals surface area contributed by atoms with Gasteiger partial charge < -0.3 is 9.64 Å². The van der Waals surface area contributed by atoms with Crippen molar-refractivity contribution in [2.45, 2.75) is 27.9 Å². The number of carbonyl (C=O) groups excluding carboxylic acids is 1. The first kappa shape index (κ1) is 25.6. The molecule has 1 aliphatic rings. The molecule has 190 valence electrons. The molecule has 3 aromatic rings. The van der Waals surface area contributed by atoms with Crippen molar-refractivity contribution in [2.24, 2.45) is 0 Å². The number of benzene rings is 3. The van der Waals surface area contributed by atoms with Crippen molar-refractivity contribution in [1.29, 1.82) is 0 Å². The number of hydrogen-bond acceptors (Lipinski definition) is 6. The maximum atomic E-state index is 13.9. The number of amides is 1. The minimum Gasteiger partial charge on any atom is -0.497 e. The summed E-state index contributed by atoms with van der Waals surface area (Å²) in [5.74, 6) is -0.576. The lowest BCUT2D eigenvalue weighted by Crippen LogP contribution is -2.42. The van der Waals surface area contributed by atoms with E-state index in [9.17, 15) is 26.0 Å². The van der Waals surface area contributed by atoms with Gasteiger partial charge >= 0.3 is 0 Å². The number of methoxy groups -OCH3 is 1. The number of nitrogens with zero attached hydrogens (tertiary/aromatic N) is 1. The van der Waals surface area contributed by atoms with E-state index in [1.807, 2.05) is 0 Å². The van der Waals surface area contributed by atoms with E-state index in [0.29, 0.717) is 24.2 Å². The van der Waals surface area contributed by atoms with Gasteiger partial charge in [0, 0.05) is 24.3 Å². The maximum absolute atomic E-state index is 13.9. The van der Waals surface area contributed by atoms with E-state index in [1.165, 1.54) is 55.6 Å². The molecule has 8 nitrogen and oxygen atoms in total. The molecule has 0 unspecified atom stereocenters. The maximum Gasteiger partial charge on any atom is 0.264 e. The summed E-state index contributed by atoms with van der Waals surface area (Å²) in [5.41, 5.74) is 0.513. The molecule has 1 N–H and O–H groups in total. The quantitative estimate of drug-likeness (QED) is 0.497. The van der Waals surface area contributed by atoms with Crippen LogP contribution in [-0.4, -0.2) is 53.1 Å². The van der Waals surface area contributed by atoms with Crippen molar-refractivity contribution in [2.75, 3.05) is 24.9 Å². The summed E-state index contributed by atoms with van der Waals surface area (Å²) < 4.78 is 72.1. The number of ether oxygens (including phenoxy) is 1. The van der Waals surface area contributed by atoms with Crippen LogP contribution in [0.3, 0.4) is 0 Å². The van der Waals surface area contributed by atoms with Crippen LogP contribution in [0.2, 0.25) is 0 Å². The summed E-state index contributed by atoms with van der Waals surface area (Å²) in [6.45, 7) is 0.557. The number of hydrogen-bond donors (Lipinski definition) is 1. The second-order valence-corrected chi connectivity index (χ2v) is 12.2. The average molecular weight is 533 g/mol. The molecule has 1 amide bonds. The molecule has 0 aliphatic carbocycles. The lowest BCUT2D eigenvalue weighted by molar-refractivity contribution is 0.0725. The van der Waals surface area contributed by atoms with Crippen molar-refractivity contribution < 1.29 is 30.8 Å². The number of piperidine rings is 1. The number of anilines is 1. The van der Waals surface area contributed by atoms with Crippen molar-refractivity contribution >= 4 is 31.5 Å². The molecule has 0 radical (unpaired) electrons. The van der Waals surface area contributed by atoms with Gasteiger partial charge in [-0.1, -0.05) is 12.1 Å². The second kappa shape index (κ2) is 10.3. The summed E-state index contributed by atoms with van der Waals surface area (Å²) in [7, 11) is -6.16. The van der Waals surface area contributed by atoms with Crippen molar-refractivity contribution in [3.05, 3.63) is 84.2 Å². The summed E-state index contributed by atoms with van der Waals surface area (Å²) >= 11 is 0. The fraction of sp³-hybridized carbons (Fsp3) is 0.240. The Labute approximate surface area is 209 Å². The highest BCUT2D eigenvalue weighted by Gasteiger charge is 2.33. The van der Waals surface area contributed by atoms with Crippen LogP contribution >= 0.6 is 0 Å². The van der Waals surface area contributed by atoms with Crippen molar-refractivity contribution in [1.82, 2.24) is 4.90 Å². The fourth-order valence-corrected chi connectivity index (χ4v) is 6.93. The van der Waals surface area contributed by atoms with Crippen LogP contribution < -0.4 is 9.46 Å². The predicted molar refractivity (Wildman–Crippen MR) is 133 cm³/mol. The third kappa shape index (κ3) is 5.36. The molecular weight excluding hydrogens is 507 g/mol. The van der Waals surface area contributed by atoms with Crippen LogP contribution in [0.25, 0.3) is 0 Å². The molecule has 1 saturated heterocycles. The molecule has 11 heteroatoms. The Balaban J connectivity index is 1.38. The Kier molecular flexibility index (Phi) is 7.32. The zero-order valence-corrected chi connectivity index (χ0v) is 21.1. The first-order valence-corrected chi connectivity index (χ1v) is 14.2. The Morgan fingerprint density at radius 1 is 0.917 bits per heavy atom. The predicted octanol–water partition coefficient (Wildman–Crippen LogP) is 3.71. The zero-order valence-electron chi connectivity index (χ0n) is 19.4. The molecule has 0 spiro atoms. The van der Waals surface area contributed by atoms with Crippen molar-refractivity contribution in [3.8, 4) is 5.75 Å². The highest BCUT2D eigenvalue weighted by molar-refractivity contribution is 7.92. The number of nitrogens with one attached hydrogen (secondary N) is 1. The molecule has 0 atom stereocenters. The minimum atomic E-state index is -4.13. The number of carbonyl (C=O) groups is 1. The fourth-order valence-electron chi connectivity index (χ4n) is 4.06. The van der Waals surface area contributed by atoms with Gasteiger partial charge in [0.2, 0.25) is 0 Å². The van der Waals surface area contributed by atoms with E-state index < -0.39 is 35.8 Å². The van der Waals surface area contributed by atoms with Crippen LogP contribution in [0.15, 0.2) is 82.6 Å². The van der Waals surface area contributed by atoms with Crippen LogP contribution in [0.5, 0.6) is 5.75 Å². The van der Waals surface area contributed by atoms with E-state index in [-0.39, 0.29) is 29.6 Å². The molecule has 0 aromatic heterocycles. The van der Waals surface area contributed by atoms with Gasteiger partial charge in [-0.05, 0) is 73.5 Å². The van der Waals surface area contributed by atoms with Crippen LogP contribution in [0, 0.1) is 5.82 Å². The topological polar surface area (TPSA) is 110 Å². The first-order chi connectivity index (χ1) is 17.1. The Morgan fingerprint density at radius 2 is 1.53 bits per heavy atom. The van der Waals surface area contributed by atoms with Gasteiger partial charge in [-0.3, -0.25) is 9.52 Å². The standard InChI is InChI=1S/C25H25FN2O6S2/c1-34-20-10-12-21(13-11-20)35(30,31)22-14-16-28(17-15-22)25(29)18-6-8-19(9-7-18)27-36(32,33)24-5-3-2-4-23(24)26/h2-13,22,27H,14-17H2,1H3. The number of likely N-dealkylation sites (tertiary alicyclic amines) is 1. The monoisotopic (exact) mass is 532 g/mol. The van der Waals surface area contributed by atoms with E-state index in [0.717, 1.165) is 12.1 Å². The normalized spacial score (nSPS) is 14.9. The molecule has 3 aromatic carbocycles. The van der Waals surface area contributed by atoms with E-state index >= 15 is 0 Å². The third-order valence-electron chi connectivity index (χ3n) is 6.07. The van der Waals surface area contributed by atoms with Gasteiger partial charge in [0.1, 0.15) is 16.5 Å². The minimum absolute atomic E-state index is 0.180. The van der Waals surface area contributed by atoms with Crippen LogP contribution in [0.4, 0.5) is 10.1 Å². The molecule has 0 bridgehead atoms. The number of sulfone groups is 1. The number of rotatable bonds is 7. The first-order valence-electron chi connectivity index (χ1n) is 11.2. The van der Waals surface area contributed by atoms with Gasteiger partial charge in [0.15, 0.2) is 9.84 Å². The van der Waals surface area contributed by atoms with Gasteiger partial charge in [-0.2, -0.15) is 0 Å². The lowest BCUT2D eigenvalue weighted by atomic mass is 10.1. The molecule has 4 rings (SSSR count). The molecule has 1 fully saturated rings.